The number of para-hydroxylation sites is 1. The van der Waals surface area contributed by atoms with Gasteiger partial charge in [-0.05, 0) is 60.9 Å². The molecule has 1 aromatic heterocycles. The Morgan fingerprint density at radius 3 is 2.66 bits per heavy atom. The third kappa shape index (κ3) is 4.34. The highest BCUT2D eigenvalue weighted by atomic mass is 16.1. The number of carbonyl (C=O) groups is 1. The fourth-order valence-corrected chi connectivity index (χ4v) is 4.96. The van der Waals surface area contributed by atoms with Crippen molar-refractivity contribution in [2.75, 3.05) is 0 Å². The molecule has 3 aromatic carbocycles. The van der Waals surface area contributed by atoms with Crippen molar-refractivity contribution in [3.8, 4) is 0 Å². The fourth-order valence-electron chi connectivity index (χ4n) is 4.96. The number of nitrogens with one attached hydrogen (secondary N) is 1. The van der Waals surface area contributed by atoms with E-state index in [0.717, 1.165) is 32.2 Å². The second-order valence-corrected chi connectivity index (χ2v) is 9.00. The number of fused-ring (bicyclic) bond motifs is 2. The molecule has 1 heterocycles. The van der Waals surface area contributed by atoms with Crippen LogP contribution in [0.5, 0.6) is 0 Å². The number of nitrogens with zero attached hydrogens (tertiary/aromatic N) is 1. The van der Waals surface area contributed by atoms with Gasteiger partial charge in [-0.25, -0.2) is 0 Å². The molecule has 4 aromatic rings. The SMILES string of the molecule is Cc1ccc(Cn2cc(CCC(=O)NC3CCCc4ccccc43)c3ccccc32)cc1. The van der Waals surface area contributed by atoms with Crippen molar-refractivity contribution < 1.29 is 4.79 Å². The summed E-state index contributed by atoms with van der Waals surface area (Å²) >= 11 is 0. The van der Waals surface area contributed by atoms with E-state index in [1.165, 1.54) is 38.7 Å². The standard InChI is InChI=1S/C29H30N2O/c1-21-13-15-22(16-14-21)19-31-20-24(26-10-4-5-12-28(26)31)17-18-29(32)30-27-11-6-8-23-7-2-3-9-25(23)27/h2-5,7,9-10,12-16,20,27H,6,8,11,17-19H2,1H3,(H,30,32). The van der Waals surface area contributed by atoms with Gasteiger partial charge in [0.2, 0.25) is 5.91 Å². The average molecular weight is 423 g/mol. The second-order valence-electron chi connectivity index (χ2n) is 9.00. The third-order valence-electron chi connectivity index (χ3n) is 6.67. The Balaban J connectivity index is 1.29. The Morgan fingerprint density at radius 2 is 1.78 bits per heavy atom. The number of amides is 1. The molecule has 1 unspecified atom stereocenters. The van der Waals surface area contributed by atoms with Crippen LogP contribution in [0, 0.1) is 6.92 Å². The first kappa shape index (κ1) is 20.6. The topological polar surface area (TPSA) is 34.0 Å². The van der Waals surface area contributed by atoms with Gasteiger partial charge in [0.25, 0.3) is 0 Å². The molecular weight excluding hydrogens is 392 g/mol. The van der Waals surface area contributed by atoms with E-state index in [0.29, 0.717) is 6.42 Å². The first-order chi connectivity index (χ1) is 15.7. The van der Waals surface area contributed by atoms with Crippen LogP contribution >= 0.6 is 0 Å². The number of carbonyl (C=O) groups excluding carboxylic acids is 1. The lowest BCUT2D eigenvalue weighted by Crippen LogP contribution is -2.31. The third-order valence-corrected chi connectivity index (χ3v) is 6.67. The van der Waals surface area contributed by atoms with Gasteiger partial charge in [-0.1, -0.05) is 72.3 Å². The normalized spacial score (nSPS) is 15.5. The highest BCUT2D eigenvalue weighted by Crippen LogP contribution is 2.30. The molecule has 0 fully saturated rings. The zero-order valence-corrected chi connectivity index (χ0v) is 18.7. The van der Waals surface area contributed by atoms with E-state index in [-0.39, 0.29) is 11.9 Å². The minimum absolute atomic E-state index is 0.141. The lowest BCUT2D eigenvalue weighted by atomic mass is 9.87. The summed E-state index contributed by atoms with van der Waals surface area (Å²) in [4.78, 5) is 12.8. The molecule has 1 aliphatic carbocycles. The number of hydrogen-bond acceptors (Lipinski definition) is 1. The molecule has 0 saturated heterocycles. The van der Waals surface area contributed by atoms with Crippen LogP contribution < -0.4 is 5.32 Å². The molecular formula is C29H30N2O. The molecule has 0 aliphatic heterocycles. The van der Waals surface area contributed by atoms with Crippen LogP contribution in [-0.2, 0) is 24.2 Å². The van der Waals surface area contributed by atoms with Crippen molar-refractivity contribution in [3.63, 3.8) is 0 Å². The maximum absolute atomic E-state index is 12.8. The van der Waals surface area contributed by atoms with Gasteiger partial charge in [0.05, 0.1) is 6.04 Å². The van der Waals surface area contributed by atoms with Crippen molar-refractivity contribution in [1.29, 1.82) is 0 Å². The van der Waals surface area contributed by atoms with E-state index in [2.05, 4.69) is 95.8 Å². The largest absolute Gasteiger partial charge is 0.349 e. The molecule has 1 amide bonds. The zero-order valence-electron chi connectivity index (χ0n) is 18.7. The Morgan fingerprint density at radius 1 is 1.00 bits per heavy atom. The molecule has 3 nitrogen and oxygen atoms in total. The molecule has 32 heavy (non-hydrogen) atoms. The van der Waals surface area contributed by atoms with Crippen LogP contribution in [0.15, 0.2) is 79.0 Å². The molecule has 1 N–H and O–H groups in total. The summed E-state index contributed by atoms with van der Waals surface area (Å²) in [6.45, 7) is 2.95. The number of benzene rings is 3. The number of aromatic nitrogens is 1. The minimum Gasteiger partial charge on any atom is -0.349 e. The van der Waals surface area contributed by atoms with Crippen LogP contribution in [0.4, 0.5) is 0 Å². The first-order valence-electron chi connectivity index (χ1n) is 11.7. The van der Waals surface area contributed by atoms with Crippen LogP contribution in [0.2, 0.25) is 0 Å². The summed E-state index contributed by atoms with van der Waals surface area (Å²) in [6.07, 6.45) is 6.77. The van der Waals surface area contributed by atoms with Crippen LogP contribution in [0.3, 0.4) is 0 Å². The zero-order chi connectivity index (χ0) is 21.9. The minimum atomic E-state index is 0.141. The van der Waals surface area contributed by atoms with Crippen molar-refractivity contribution in [3.05, 3.63) is 107 Å². The van der Waals surface area contributed by atoms with E-state index < -0.39 is 0 Å². The lowest BCUT2D eigenvalue weighted by molar-refractivity contribution is -0.121. The summed E-state index contributed by atoms with van der Waals surface area (Å²) in [7, 11) is 0. The first-order valence-corrected chi connectivity index (χ1v) is 11.7. The van der Waals surface area contributed by atoms with Crippen molar-refractivity contribution in [2.45, 2.75) is 51.6 Å². The molecule has 1 aliphatic rings. The average Bonchev–Trinajstić information content (AvgIpc) is 3.17. The summed E-state index contributed by atoms with van der Waals surface area (Å²) in [6, 6.07) is 25.9. The predicted octanol–water partition coefficient (Wildman–Crippen LogP) is 6.12. The van der Waals surface area contributed by atoms with E-state index in [1.807, 2.05) is 0 Å². The van der Waals surface area contributed by atoms with Gasteiger partial charge in [-0.3, -0.25) is 4.79 Å². The molecule has 162 valence electrons. The van der Waals surface area contributed by atoms with Gasteiger partial charge in [0.15, 0.2) is 0 Å². The maximum Gasteiger partial charge on any atom is 0.220 e. The molecule has 5 rings (SSSR count). The molecule has 0 bridgehead atoms. The fraction of sp³-hybridized carbons (Fsp3) is 0.276. The quantitative estimate of drug-likeness (QED) is 0.399. The van der Waals surface area contributed by atoms with Crippen LogP contribution in [0.25, 0.3) is 10.9 Å². The predicted molar refractivity (Wildman–Crippen MR) is 131 cm³/mol. The maximum atomic E-state index is 12.8. The number of rotatable bonds is 6. The highest BCUT2D eigenvalue weighted by Gasteiger charge is 2.21. The van der Waals surface area contributed by atoms with Crippen LogP contribution in [0.1, 0.15) is 53.1 Å². The number of aryl methyl sites for hydroxylation is 3. The van der Waals surface area contributed by atoms with Gasteiger partial charge < -0.3 is 9.88 Å². The molecule has 0 spiro atoms. The van der Waals surface area contributed by atoms with Crippen LogP contribution in [-0.4, -0.2) is 10.5 Å². The lowest BCUT2D eigenvalue weighted by Gasteiger charge is -2.26. The van der Waals surface area contributed by atoms with E-state index in [1.54, 1.807) is 0 Å². The van der Waals surface area contributed by atoms with E-state index in [9.17, 15) is 4.79 Å². The van der Waals surface area contributed by atoms with Gasteiger partial charge in [0, 0.05) is 30.1 Å². The smallest absolute Gasteiger partial charge is 0.220 e. The molecule has 3 heteroatoms. The van der Waals surface area contributed by atoms with E-state index in [4.69, 9.17) is 0 Å². The molecule has 1 atom stereocenters. The molecule has 0 saturated carbocycles. The highest BCUT2D eigenvalue weighted by molar-refractivity contribution is 5.85. The summed E-state index contributed by atoms with van der Waals surface area (Å²) in [5, 5.41) is 4.55. The van der Waals surface area contributed by atoms with E-state index >= 15 is 0 Å². The Bertz CT molecular complexity index is 1240. The second kappa shape index (κ2) is 9.04. The van der Waals surface area contributed by atoms with Gasteiger partial charge in [0.1, 0.15) is 0 Å². The summed E-state index contributed by atoms with van der Waals surface area (Å²) in [5.74, 6) is 0.141. The van der Waals surface area contributed by atoms with Crippen molar-refractivity contribution >= 4 is 16.8 Å². The van der Waals surface area contributed by atoms with Crippen molar-refractivity contribution in [1.82, 2.24) is 9.88 Å². The van der Waals surface area contributed by atoms with Gasteiger partial charge in [-0.2, -0.15) is 0 Å². The number of hydrogen-bond donors (Lipinski definition) is 1. The Labute approximate surface area is 190 Å². The Hall–Kier alpha value is -3.33. The monoisotopic (exact) mass is 422 g/mol. The summed E-state index contributed by atoms with van der Waals surface area (Å²) in [5.41, 5.74) is 7.71. The molecule has 0 radical (unpaired) electrons. The van der Waals surface area contributed by atoms with Gasteiger partial charge in [-0.15, -0.1) is 0 Å². The Kier molecular flexibility index (Phi) is 5.81. The van der Waals surface area contributed by atoms with Gasteiger partial charge >= 0.3 is 0 Å². The van der Waals surface area contributed by atoms with Crippen molar-refractivity contribution in [2.24, 2.45) is 0 Å². The summed E-state index contributed by atoms with van der Waals surface area (Å²) < 4.78 is 2.31.